The largest absolute Gasteiger partial charge is 0.435 e. The average molecular weight is 565 g/mol. The number of halogens is 4. The van der Waals surface area contributed by atoms with Crippen LogP contribution >= 0.6 is 0 Å². The lowest BCUT2D eigenvalue weighted by atomic mass is 9.80. The molecule has 0 aliphatic carbocycles. The van der Waals surface area contributed by atoms with Crippen LogP contribution < -0.4 is 9.47 Å². The molecule has 2 fully saturated rings. The second-order valence-corrected chi connectivity index (χ2v) is 11.6. The number of piperidine rings is 2. The van der Waals surface area contributed by atoms with E-state index in [2.05, 4.69) is 34.5 Å². The minimum Gasteiger partial charge on any atom is -0.435 e. The molecule has 8 heteroatoms. The predicted molar refractivity (Wildman–Crippen MR) is 150 cm³/mol. The molecule has 0 amide bonds. The molecule has 0 bridgehead atoms. The molecule has 3 atom stereocenters. The first-order valence-corrected chi connectivity index (χ1v) is 14.9. The zero-order valence-electron chi connectivity index (χ0n) is 23.8. The predicted octanol–water partition coefficient (Wildman–Crippen LogP) is 7.99. The fraction of sp³-hybridized carbons (Fsp3) is 0.625. The Balaban J connectivity index is 1.43. The van der Waals surface area contributed by atoms with Crippen LogP contribution in [0.3, 0.4) is 0 Å². The molecule has 0 aromatic heterocycles. The third-order valence-corrected chi connectivity index (χ3v) is 8.60. The summed E-state index contributed by atoms with van der Waals surface area (Å²) in [7, 11) is 0. The highest BCUT2D eigenvalue weighted by molar-refractivity contribution is 5.35. The van der Waals surface area contributed by atoms with E-state index in [9.17, 15) is 17.6 Å². The number of alkyl halides is 4. The minimum atomic E-state index is -2.85. The molecule has 2 aromatic carbocycles. The molecule has 2 heterocycles. The van der Waals surface area contributed by atoms with Gasteiger partial charge in [0.05, 0.1) is 0 Å². The molecule has 1 unspecified atom stereocenters. The van der Waals surface area contributed by atoms with Crippen LogP contribution in [0.15, 0.2) is 42.5 Å². The van der Waals surface area contributed by atoms with Crippen molar-refractivity contribution < 1.29 is 27.0 Å². The molecule has 0 saturated carbocycles. The van der Waals surface area contributed by atoms with Gasteiger partial charge in [-0.1, -0.05) is 44.9 Å². The standard InChI is InChI=1S/C32H44F4N2O2/c1-3-23-9-6-12-37(19-23)21-26-14-25(17-30(18-26)40-32(35)36)15-27(4-2)28-10-7-13-38(22-28)20-24-8-5-11-29(16-24)39-31(33)34/h5,8,11,14,16-18,23,27-28,31-32H,3-4,6-7,9-10,12-13,15,19-22H2,1-2H3/t23-,27?,28+/m1/s1. The molecule has 40 heavy (non-hydrogen) atoms. The van der Waals surface area contributed by atoms with Gasteiger partial charge in [-0.25, -0.2) is 0 Å². The zero-order valence-corrected chi connectivity index (χ0v) is 23.8. The highest BCUT2D eigenvalue weighted by atomic mass is 19.3. The van der Waals surface area contributed by atoms with Crippen LogP contribution in [0.25, 0.3) is 0 Å². The summed E-state index contributed by atoms with van der Waals surface area (Å²) in [6.45, 7) is 4.17. The molecule has 222 valence electrons. The monoisotopic (exact) mass is 564 g/mol. The normalized spacial score (nSPS) is 21.6. The van der Waals surface area contributed by atoms with Crippen LogP contribution in [0.5, 0.6) is 11.5 Å². The smallest absolute Gasteiger partial charge is 0.387 e. The topological polar surface area (TPSA) is 24.9 Å². The van der Waals surface area contributed by atoms with Crippen molar-refractivity contribution in [3.05, 3.63) is 59.2 Å². The van der Waals surface area contributed by atoms with E-state index in [-0.39, 0.29) is 11.5 Å². The Morgan fingerprint density at radius 2 is 1.43 bits per heavy atom. The highest BCUT2D eigenvalue weighted by Gasteiger charge is 2.27. The maximum Gasteiger partial charge on any atom is 0.387 e. The molecule has 0 radical (unpaired) electrons. The first-order chi connectivity index (χ1) is 19.3. The third-order valence-electron chi connectivity index (χ3n) is 8.60. The molecule has 0 N–H and O–H groups in total. The summed E-state index contributed by atoms with van der Waals surface area (Å²) in [4.78, 5) is 4.83. The summed E-state index contributed by atoms with van der Waals surface area (Å²) in [5, 5.41) is 0. The second-order valence-electron chi connectivity index (χ2n) is 11.6. The van der Waals surface area contributed by atoms with Crippen molar-refractivity contribution >= 4 is 0 Å². The van der Waals surface area contributed by atoms with Crippen LogP contribution in [0.4, 0.5) is 17.6 Å². The molecule has 0 spiro atoms. The number of hydrogen-bond donors (Lipinski definition) is 0. The van der Waals surface area contributed by atoms with Crippen LogP contribution in [0.1, 0.15) is 69.1 Å². The zero-order chi connectivity index (χ0) is 28.5. The number of ether oxygens (including phenoxy) is 2. The van der Waals surface area contributed by atoms with E-state index in [1.54, 1.807) is 30.3 Å². The van der Waals surface area contributed by atoms with E-state index < -0.39 is 13.2 Å². The van der Waals surface area contributed by atoms with Crippen molar-refractivity contribution in [2.24, 2.45) is 17.8 Å². The molecule has 4 nitrogen and oxygen atoms in total. The van der Waals surface area contributed by atoms with Crippen molar-refractivity contribution in [2.75, 3.05) is 26.2 Å². The summed E-state index contributed by atoms with van der Waals surface area (Å²) >= 11 is 0. The molecular weight excluding hydrogens is 520 g/mol. The van der Waals surface area contributed by atoms with Gasteiger partial charge in [-0.15, -0.1) is 0 Å². The SMILES string of the molecule is CCC(Cc1cc(CN2CCC[C@@H](CC)C2)cc(OC(F)F)c1)[C@H]1CCCN(Cc2cccc(OC(F)F)c2)C1. The molecule has 2 aromatic rings. The fourth-order valence-electron chi connectivity index (χ4n) is 6.64. The van der Waals surface area contributed by atoms with Crippen molar-refractivity contribution in [3.63, 3.8) is 0 Å². The highest BCUT2D eigenvalue weighted by Crippen LogP contribution is 2.32. The summed E-state index contributed by atoms with van der Waals surface area (Å²) in [6.07, 6.45) is 7.61. The third kappa shape index (κ3) is 9.37. The summed E-state index contributed by atoms with van der Waals surface area (Å²) in [6, 6.07) is 12.7. The molecule has 2 saturated heterocycles. The second kappa shape index (κ2) is 15.1. The molecule has 4 rings (SSSR count). The van der Waals surface area contributed by atoms with Crippen LogP contribution in [-0.4, -0.2) is 49.2 Å². The van der Waals surface area contributed by atoms with Crippen molar-refractivity contribution in [2.45, 2.75) is 85.1 Å². The number of hydrogen-bond acceptors (Lipinski definition) is 4. The van der Waals surface area contributed by atoms with E-state index in [4.69, 9.17) is 4.74 Å². The van der Waals surface area contributed by atoms with E-state index >= 15 is 0 Å². The van der Waals surface area contributed by atoms with Gasteiger partial charge in [0.15, 0.2) is 0 Å². The van der Waals surface area contributed by atoms with Gasteiger partial charge in [0.2, 0.25) is 0 Å². The molecule has 2 aliphatic rings. The molecular formula is C32H44F4N2O2. The Morgan fingerprint density at radius 3 is 2.15 bits per heavy atom. The summed E-state index contributed by atoms with van der Waals surface area (Å²) in [5.41, 5.74) is 3.05. The maximum absolute atomic E-state index is 13.2. The Hall–Kier alpha value is -2.32. The average Bonchev–Trinajstić information content (AvgIpc) is 2.91. The minimum absolute atomic E-state index is 0.184. The lowest BCUT2D eigenvalue weighted by Gasteiger charge is -2.37. The van der Waals surface area contributed by atoms with Gasteiger partial charge in [0.25, 0.3) is 0 Å². The Morgan fingerprint density at radius 1 is 0.775 bits per heavy atom. The van der Waals surface area contributed by atoms with Crippen LogP contribution in [0, 0.1) is 17.8 Å². The Kier molecular flexibility index (Phi) is 11.5. The Labute approximate surface area is 236 Å². The number of rotatable bonds is 13. The van der Waals surface area contributed by atoms with E-state index in [0.717, 1.165) is 75.1 Å². The Bertz CT molecular complexity index is 1050. The van der Waals surface area contributed by atoms with Crippen molar-refractivity contribution in [1.82, 2.24) is 9.80 Å². The first-order valence-electron chi connectivity index (χ1n) is 14.9. The van der Waals surface area contributed by atoms with Crippen molar-refractivity contribution in [3.8, 4) is 11.5 Å². The fourth-order valence-corrected chi connectivity index (χ4v) is 6.64. The van der Waals surface area contributed by atoms with E-state index in [1.165, 1.54) is 19.3 Å². The van der Waals surface area contributed by atoms with E-state index in [0.29, 0.717) is 24.3 Å². The van der Waals surface area contributed by atoms with E-state index in [1.807, 2.05) is 6.07 Å². The van der Waals surface area contributed by atoms with Gasteiger partial charge >= 0.3 is 13.2 Å². The molecule has 2 aliphatic heterocycles. The van der Waals surface area contributed by atoms with Gasteiger partial charge in [0.1, 0.15) is 11.5 Å². The van der Waals surface area contributed by atoms with Gasteiger partial charge in [0, 0.05) is 26.2 Å². The van der Waals surface area contributed by atoms with Gasteiger partial charge in [-0.2, -0.15) is 17.6 Å². The van der Waals surface area contributed by atoms with Crippen LogP contribution in [-0.2, 0) is 19.5 Å². The summed E-state index contributed by atoms with van der Waals surface area (Å²) < 4.78 is 61.1. The van der Waals surface area contributed by atoms with Gasteiger partial charge < -0.3 is 9.47 Å². The maximum atomic E-state index is 13.2. The van der Waals surface area contributed by atoms with Gasteiger partial charge in [-0.3, -0.25) is 9.80 Å². The van der Waals surface area contributed by atoms with Crippen LogP contribution in [0.2, 0.25) is 0 Å². The summed E-state index contributed by atoms with van der Waals surface area (Å²) in [5.74, 6) is 2.01. The lowest BCUT2D eigenvalue weighted by molar-refractivity contribution is -0.0506. The quantitative estimate of drug-likeness (QED) is 0.230. The number of nitrogens with zero attached hydrogens (tertiary/aromatic N) is 2. The van der Waals surface area contributed by atoms with Crippen molar-refractivity contribution in [1.29, 1.82) is 0 Å². The number of benzene rings is 2. The van der Waals surface area contributed by atoms with Gasteiger partial charge in [-0.05, 0) is 104 Å². The lowest BCUT2D eigenvalue weighted by Crippen LogP contribution is -2.38. The number of likely N-dealkylation sites (tertiary alicyclic amines) is 2. The first kappa shape index (κ1) is 30.6.